The van der Waals surface area contributed by atoms with Crippen LogP contribution in [0.1, 0.15) is 42.1 Å². The molecule has 0 radical (unpaired) electrons. The van der Waals surface area contributed by atoms with Gasteiger partial charge in [0.15, 0.2) is 0 Å². The van der Waals surface area contributed by atoms with E-state index in [0.29, 0.717) is 17.9 Å². The lowest BCUT2D eigenvalue weighted by atomic mass is 9.96. The molecule has 1 fully saturated rings. The fourth-order valence-electron chi connectivity index (χ4n) is 3.45. The van der Waals surface area contributed by atoms with Crippen LogP contribution in [0.3, 0.4) is 0 Å². The van der Waals surface area contributed by atoms with Crippen molar-refractivity contribution in [1.82, 2.24) is 15.5 Å². The molecule has 1 aromatic carbocycles. The normalized spacial score (nSPS) is 15.6. The SMILES string of the molecule is CCNCC1CCN(C(=O)C(CCSC)NC(=O)c2cccc(C)c2)CC1.Cl. The summed E-state index contributed by atoms with van der Waals surface area (Å²) in [6, 6.07) is 7.04. The van der Waals surface area contributed by atoms with Crippen LogP contribution in [0.2, 0.25) is 0 Å². The van der Waals surface area contributed by atoms with Crippen LogP contribution in [0.4, 0.5) is 0 Å². The maximum Gasteiger partial charge on any atom is 0.251 e. The van der Waals surface area contributed by atoms with E-state index in [1.54, 1.807) is 17.8 Å². The van der Waals surface area contributed by atoms with Crippen LogP contribution >= 0.6 is 24.2 Å². The molecule has 2 N–H and O–H groups in total. The van der Waals surface area contributed by atoms with Gasteiger partial charge in [-0.25, -0.2) is 0 Å². The first-order chi connectivity index (χ1) is 13.0. The summed E-state index contributed by atoms with van der Waals surface area (Å²) in [4.78, 5) is 27.6. The highest BCUT2D eigenvalue weighted by molar-refractivity contribution is 7.98. The molecule has 0 spiro atoms. The zero-order valence-corrected chi connectivity index (χ0v) is 18.8. The number of carbonyl (C=O) groups is 2. The van der Waals surface area contributed by atoms with Crippen molar-refractivity contribution < 1.29 is 9.59 Å². The predicted molar refractivity (Wildman–Crippen MR) is 121 cm³/mol. The second-order valence-electron chi connectivity index (χ2n) is 7.25. The fourth-order valence-corrected chi connectivity index (χ4v) is 3.92. The van der Waals surface area contributed by atoms with Crippen molar-refractivity contribution in [3.8, 4) is 0 Å². The molecule has 1 aliphatic rings. The number of benzene rings is 1. The quantitative estimate of drug-likeness (QED) is 0.635. The van der Waals surface area contributed by atoms with Gasteiger partial charge in [0.05, 0.1) is 0 Å². The highest BCUT2D eigenvalue weighted by Crippen LogP contribution is 2.18. The summed E-state index contributed by atoms with van der Waals surface area (Å²) in [6.45, 7) is 7.66. The zero-order chi connectivity index (χ0) is 19.6. The van der Waals surface area contributed by atoms with E-state index in [0.717, 1.165) is 50.3 Å². The first kappa shape index (κ1) is 24.8. The Morgan fingerprint density at radius 1 is 1.29 bits per heavy atom. The van der Waals surface area contributed by atoms with Crippen LogP contribution in [0.25, 0.3) is 0 Å². The number of hydrogen-bond donors (Lipinski definition) is 2. The van der Waals surface area contributed by atoms with Gasteiger partial charge in [-0.1, -0.05) is 24.6 Å². The number of halogens is 1. The Labute approximate surface area is 179 Å². The summed E-state index contributed by atoms with van der Waals surface area (Å²) in [5.74, 6) is 1.38. The Morgan fingerprint density at radius 2 is 2.00 bits per heavy atom. The standard InChI is InChI=1S/C21H33N3O2S.ClH/c1-4-22-15-17-8-11-24(12-9-17)21(26)19(10-13-27-3)23-20(25)18-7-5-6-16(2)14-18;/h5-7,14,17,19,22H,4,8-13,15H2,1-3H3,(H,23,25);1H. The lowest BCUT2D eigenvalue weighted by Crippen LogP contribution is -2.51. The molecule has 0 saturated carbocycles. The number of likely N-dealkylation sites (tertiary alicyclic amines) is 1. The molecule has 2 rings (SSSR count). The average Bonchev–Trinajstić information content (AvgIpc) is 2.69. The topological polar surface area (TPSA) is 61.4 Å². The first-order valence-electron chi connectivity index (χ1n) is 9.91. The van der Waals surface area contributed by atoms with E-state index < -0.39 is 6.04 Å². The van der Waals surface area contributed by atoms with E-state index in [4.69, 9.17) is 0 Å². The van der Waals surface area contributed by atoms with Gasteiger partial charge in [0.25, 0.3) is 5.91 Å². The number of nitrogens with one attached hydrogen (secondary N) is 2. The number of hydrogen-bond acceptors (Lipinski definition) is 4. The number of thioether (sulfide) groups is 1. The molecule has 7 heteroatoms. The molecule has 1 heterocycles. The molecule has 1 aromatic rings. The van der Waals surface area contributed by atoms with Gasteiger partial charge in [-0.05, 0) is 69.3 Å². The van der Waals surface area contributed by atoms with Crippen LogP contribution in [0, 0.1) is 12.8 Å². The van der Waals surface area contributed by atoms with Crippen molar-refractivity contribution >= 4 is 36.0 Å². The van der Waals surface area contributed by atoms with Gasteiger partial charge >= 0.3 is 0 Å². The van der Waals surface area contributed by atoms with Crippen molar-refractivity contribution in [2.75, 3.05) is 38.2 Å². The number of nitrogens with zero attached hydrogens (tertiary/aromatic N) is 1. The van der Waals surface area contributed by atoms with Crippen LogP contribution in [0.5, 0.6) is 0 Å². The minimum absolute atomic E-state index is 0. The number of amides is 2. The van der Waals surface area contributed by atoms with Gasteiger partial charge in [0.1, 0.15) is 6.04 Å². The molecule has 1 unspecified atom stereocenters. The Hall–Kier alpha value is -1.24. The first-order valence-corrected chi connectivity index (χ1v) is 11.3. The summed E-state index contributed by atoms with van der Waals surface area (Å²) < 4.78 is 0. The molecule has 1 aliphatic heterocycles. The van der Waals surface area contributed by atoms with Gasteiger partial charge in [-0.15, -0.1) is 12.4 Å². The third-order valence-corrected chi connectivity index (χ3v) is 5.75. The second-order valence-corrected chi connectivity index (χ2v) is 8.24. The molecule has 0 bridgehead atoms. The average molecular weight is 428 g/mol. The molecule has 1 saturated heterocycles. The molecule has 1 atom stereocenters. The van der Waals surface area contributed by atoms with E-state index in [-0.39, 0.29) is 24.2 Å². The maximum absolute atomic E-state index is 13.0. The van der Waals surface area contributed by atoms with E-state index in [9.17, 15) is 9.59 Å². The Morgan fingerprint density at radius 3 is 2.61 bits per heavy atom. The summed E-state index contributed by atoms with van der Waals surface area (Å²) in [7, 11) is 0. The molecule has 0 aliphatic carbocycles. The zero-order valence-electron chi connectivity index (χ0n) is 17.2. The minimum Gasteiger partial charge on any atom is -0.341 e. The number of piperidine rings is 1. The molecule has 2 amide bonds. The fraction of sp³-hybridized carbons (Fsp3) is 0.619. The summed E-state index contributed by atoms with van der Waals surface area (Å²) in [5, 5.41) is 6.38. The molecular formula is C21H34ClN3O2S. The molecule has 5 nitrogen and oxygen atoms in total. The van der Waals surface area contributed by atoms with Crippen LogP contribution in [0.15, 0.2) is 24.3 Å². The maximum atomic E-state index is 13.0. The lowest BCUT2D eigenvalue weighted by Gasteiger charge is -2.34. The summed E-state index contributed by atoms with van der Waals surface area (Å²) >= 11 is 1.70. The van der Waals surface area contributed by atoms with Gasteiger partial charge in [0.2, 0.25) is 5.91 Å². The molecule has 0 aromatic heterocycles. The van der Waals surface area contributed by atoms with Crippen molar-refractivity contribution in [1.29, 1.82) is 0 Å². The monoisotopic (exact) mass is 427 g/mol. The lowest BCUT2D eigenvalue weighted by molar-refractivity contribution is -0.134. The third-order valence-electron chi connectivity index (χ3n) is 5.10. The van der Waals surface area contributed by atoms with Crippen molar-refractivity contribution in [2.24, 2.45) is 5.92 Å². The van der Waals surface area contributed by atoms with E-state index >= 15 is 0 Å². The summed E-state index contributed by atoms with van der Waals surface area (Å²) in [5.41, 5.74) is 1.65. The molecular weight excluding hydrogens is 394 g/mol. The van der Waals surface area contributed by atoms with Gasteiger partial charge in [-0.2, -0.15) is 11.8 Å². The van der Waals surface area contributed by atoms with Crippen molar-refractivity contribution in [3.05, 3.63) is 35.4 Å². The third kappa shape index (κ3) is 7.64. The van der Waals surface area contributed by atoms with Crippen molar-refractivity contribution in [3.63, 3.8) is 0 Å². The van der Waals surface area contributed by atoms with E-state index in [2.05, 4.69) is 17.6 Å². The van der Waals surface area contributed by atoms with Crippen LogP contribution in [-0.2, 0) is 4.79 Å². The van der Waals surface area contributed by atoms with E-state index in [1.807, 2.05) is 36.3 Å². The van der Waals surface area contributed by atoms with E-state index in [1.165, 1.54) is 0 Å². The van der Waals surface area contributed by atoms with Crippen molar-refractivity contribution in [2.45, 2.75) is 39.2 Å². The van der Waals surface area contributed by atoms with Gasteiger partial charge < -0.3 is 15.5 Å². The smallest absolute Gasteiger partial charge is 0.251 e. The molecule has 28 heavy (non-hydrogen) atoms. The second kappa shape index (κ2) is 13.1. The summed E-state index contributed by atoms with van der Waals surface area (Å²) in [6.07, 6.45) is 4.74. The predicted octanol–water partition coefficient (Wildman–Crippen LogP) is 3.12. The molecule has 158 valence electrons. The number of carbonyl (C=O) groups excluding carboxylic acids is 2. The highest BCUT2D eigenvalue weighted by atomic mass is 35.5. The van der Waals surface area contributed by atoms with Gasteiger partial charge in [-0.3, -0.25) is 9.59 Å². The van der Waals surface area contributed by atoms with Gasteiger partial charge in [0, 0.05) is 18.7 Å². The Kier molecular flexibility index (Phi) is 11.6. The minimum atomic E-state index is -0.448. The Balaban J connectivity index is 0.00000392. The van der Waals surface area contributed by atoms with Crippen LogP contribution < -0.4 is 10.6 Å². The number of rotatable bonds is 9. The largest absolute Gasteiger partial charge is 0.341 e. The number of aryl methyl sites for hydroxylation is 1. The Bertz CT molecular complexity index is 621. The highest BCUT2D eigenvalue weighted by Gasteiger charge is 2.29. The van der Waals surface area contributed by atoms with Crippen LogP contribution in [-0.4, -0.2) is 60.9 Å².